The number of nitrogens with one attached hydrogen (secondary N) is 2. The van der Waals surface area contributed by atoms with Crippen molar-refractivity contribution < 1.29 is 19.1 Å². The van der Waals surface area contributed by atoms with Crippen LogP contribution in [0.2, 0.25) is 0 Å². The van der Waals surface area contributed by atoms with Gasteiger partial charge < -0.3 is 15.4 Å². The van der Waals surface area contributed by atoms with Gasteiger partial charge in [-0.1, -0.05) is 0 Å². The Morgan fingerprint density at radius 1 is 1.44 bits per heavy atom. The summed E-state index contributed by atoms with van der Waals surface area (Å²) < 4.78 is 13.2. The summed E-state index contributed by atoms with van der Waals surface area (Å²) in [6.45, 7) is 1.39. The number of benzene rings is 1. The lowest BCUT2D eigenvalue weighted by molar-refractivity contribution is -0.141. The minimum absolute atomic E-state index is 0.0521. The Balaban J connectivity index is 1.72. The molecule has 0 aliphatic heterocycles. The number of carbonyl (C=O) groups is 2. The summed E-state index contributed by atoms with van der Waals surface area (Å²) in [6.07, 6.45) is 1.66. The first-order chi connectivity index (χ1) is 11.9. The van der Waals surface area contributed by atoms with Gasteiger partial charge in [0, 0.05) is 23.5 Å². The molecule has 25 heavy (non-hydrogen) atoms. The third-order valence-corrected chi connectivity index (χ3v) is 3.62. The van der Waals surface area contributed by atoms with Crippen molar-refractivity contribution in [2.45, 2.75) is 25.9 Å². The number of aliphatic carboxylic acids is 1. The maximum absolute atomic E-state index is 13.2. The molecular formula is C15H15FN6O3. The van der Waals surface area contributed by atoms with Gasteiger partial charge in [-0.15, -0.1) is 10.2 Å². The van der Waals surface area contributed by atoms with Crippen molar-refractivity contribution in [2.24, 2.45) is 0 Å². The van der Waals surface area contributed by atoms with Gasteiger partial charge in [0.1, 0.15) is 18.4 Å². The standard InChI is InChI=1S/C15H15FN6O3/c1-8-19-21-22(20-8)7-14(23)18-13(15(24)25)4-9-6-17-12-5-10(16)2-3-11(9)12/h2-3,5-6,13,17H,4,7H2,1H3,(H,18,23)(H,24,25). The van der Waals surface area contributed by atoms with E-state index < -0.39 is 17.9 Å². The summed E-state index contributed by atoms with van der Waals surface area (Å²) in [6, 6.07) is 3.05. The zero-order valence-electron chi connectivity index (χ0n) is 13.2. The average molecular weight is 346 g/mol. The number of hydrogen-bond acceptors (Lipinski definition) is 5. The maximum Gasteiger partial charge on any atom is 0.326 e. The molecule has 0 aliphatic rings. The molecule has 0 bridgehead atoms. The van der Waals surface area contributed by atoms with Crippen molar-refractivity contribution in [1.29, 1.82) is 0 Å². The summed E-state index contributed by atoms with van der Waals surface area (Å²) >= 11 is 0. The molecule has 3 aromatic rings. The second-order valence-corrected chi connectivity index (χ2v) is 5.53. The minimum atomic E-state index is -1.17. The number of halogens is 1. The van der Waals surface area contributed by atoms with E-state index in [1.807, 2.05) is 0 Å². The maximum atomic E-state index is 13.2. The van der Waals surface area contributed by atoms with Crippen LogP contribution in [0.1, 0.15) is 11.4 Å². The van der Waals surface area contributed by atoms with Gasteiger partial charge in [0.25, 0.3) is 0 Å². The number of aryl methyl sites for hydroxylation is 1. The van der Waals surface area contributed by atoms with Gasteiger partial charge in [0.05, 0.1) is 0 Å². The highest BCUT2D eigenvalue weighted by Crippen LogP contribution is 2.20. The summed E-state index contributed by atoms with van der Waals surface area (Å²) in [5.74, 6) is -1.70. The summed E-state index contributed by atoms with van der Waals surface area (Å²) in [7, 11) is 0. The molecule has 0 saturated carbocycles. The average Bonchev–Trinajstić information content (AvgIpc) is 3.12. The van der Waals surface area contributed by atoms with E-state index in [-0.39, 0.29) is 18.8 Å². The first-order valence-electron chi connectivity index (χ1n) is 7.44. The van der Waals surface area contributed by atoms with Crippen molar-refractivity contribution in [3.63, 3.8) is 0 Å². The normalized spacial score (nSPS) is 12.2. The molecule has 2 aromatic heterocycles. The Morgan fingerprint density at radius 3 is 2.92 bits per heavy atom. The van der Waals surface area contributed by atoms with Crippen LogP contribution in [-0.4, -0.2) is 48.2 Å². The molecular weight excluding hydrogens is 331 g/mol. The molecule has 1 amide bonds. The lowest BCUT2D eigenvalue weighted by atomic mass is 10.0. The first-order valence-corrected chi connectivity index (χ1v) is 7.44. The monoisotopic (exact) mass is 346 g/mol. The molecule has 0 spiro atoms. The highest BCUT2D eigenvalue weighted by Gasteiger charge is 2.22. The smallest absolute Gasteiger partial charge is 0.326 e. The van der Waals surface area contributed by atoms with Crippen molar-refractivity contribution in [3.8, 4) is 0 Å². The second-order valence-electron chi connectivity index (χ2n) is 5.53. The third kappa shape index (κ3) is 3.79. The largest absolute Gasteiger partial charge is 0.480 e. The number of hydrogen-bond donors (Lipinski definition) is 3. The predicted molar refractivity (Wildman–Crippen MR) is 84.1 cm³/mol. The molecule has 130 valence electrons. The molecule has 3 N–H and O–H groups in total. The Labute approximate surface area is 140 Å². The van der Waals surface area contributed by atoms with Crippen molar-refractivity contribution in [1.82, 2.24) is 30.5 Å². The molecule has 0 radical (unpaired) electrons. The number of carboxylic acid groups (broad SMARTS) is 1. The number of fused-ring (bicyclic) bond motifs is 1. The van der Waals surface area contributed by atoms with Crippen LogP contribution >= 0.6 is 0 Å². The molecule has 0 saturated heterocycles. The van der Waals surface area contributed by atoms with E-state index in [2.05, 4.69) is 25.7 Å². The van der Waals surface area contributed by atoms with E-state index in [9.17, 15) is 19.1 Å². The van der Waals surface area contributed by atoms with Crippen LogP contribution in [0.5, 0.6) is 0 Å². The molecule has 9 nitrogen and oxygen atoms in total. The highest BCUT2D eigenvalue weighted by atomic mass is 19.1. The Bertz CT molecular complexity index is 934. The number of carboxylic acids is 1. The number of tetrazole rings is 1. The molecule has 0 aliphatic carbocycles. The van der Waals surface area contributed by atoms with Gasteiger partial charge in [-0.25, -0.2) is 9.18 Å². The fraction of sp³-hybridized carbons (Fsp3) is 0.267. The lowest BCUT2D eigenvalue weighted by Crippen LogP contribution is -2.43. The fourth-order valence-electron chi connectivity index (χ4n) is 2.51. The second kappa shape index (κ2) is 6.67. The van der Waals surface area contributed by atoms with Crippen LogP contribution in [0.3, 0.4) is 0 Å². The molecule has 2 heterocycles. The number of amides is 1. The van der Waals surface area contributed by atoms with Crippen LogP contribution in [0.4, 0.5) is 4.39 Å². The third-order valence-electron chi connectivity index (χ3n) is 3.62. The molecule has 10 heteroatoms. The van der Waals surface area contributed by atoms with E-state index in [0.29, 0.717) is 22.3 Å². The topological polar surface area (TPSA) is 126 Å². The quantitative estimate of drug-likeness (QED) is 0.594. The van der Waals surface area contributed by atoms with Crippen molar-refractivity contribution in [2.75, 3.05) is 0 Å². The minimum Gasteiger partial charge on any atom is -0.480 e. The highest BCUT2D eigenvalue weighted by molar-refractivity contribution is 5.86. The predicted octanol–water partition coefficient (Wildman–Crippen LogP) is 0.414. The number of carbonyl (C=O) groups excluding carboxylic acids is 1. The van der Waals surface area contributed by atoms with Gasteiger partial charge in [-0.3, -0.25) is 4.79 Å². The fourth-order valence-corrected chi connectivity index (χ4v) is 2.51. The summed E-state index contributed by atoms with van der Waals surface area (Å²) in [5.41, 5.74) is 1.23. The van der Waals surface area contributed by atoms with Crippen LogP contribution in [-0.2, 0) is 22.6 Å². The molecule has 1 aromatic carbocycles. The number of nitrogens with zero attached hydrogens (tertiary/aromatic N) is 4. The van der Waals surface area contributed by atoms with E-state index in [0.717, 1.165) is 4.80 Å². The lowest BCUT2D eigenvalue weighted by Gasteiger charge is -2.14. The van der Waals surface area contributed by atoms with Crippen LogP contribution in [0.15, 0.2) is 24.4 Å². The molecule has 3 rings (SSSR count). The van der Waals surface area contributed by atoms with Gasteiger partial charge >= 0.3 is 5.97 Å². The Hall–Kier alpha value is -3.30. The number of aromatic amines is 1. The molecule has 1 atom stereocenters. The van der Waals surface area contributed by atoms with Gasteiger partial charge in [0.2, 0.25) is 5.91 Å². The zero-order chi connectivity index (χ0) is 18.0. The number of rotatable bonds is 6. The van der Waals surface area contributed by atoms with E-state index in [1.54, 1.807) is 19.2 Å². The van der Waals surface area contributed by atoms with Crippen LogP contribution < -0.4 is 5.32 Å². The number of H-pyrrole nitrogens is 1. The SMILES string of the molecule is Cc1nnn(CC(=O)NC(Cc2c[nH]c3cc(F)ccc23)C(=O)O)n1. The van der Waals surface area contributed by atoms with Gasteiger partial charge in [0.15, 0.2) is 5.82 Å². The van der Waals surface area contributed by atoms with E-state index in [4.69, 9.17) is 0 Å². The first kappa shape index (κ1) is 16.6. The number of aromatic nitrogens is 5. The van der Waals surface area contributed by atoms with Gasteiger partial charge in [-0.05, 0) is 35.9 Å². The Kier molecular flexibility index (Phi) is 4.42. The summed E-state index contributed by atoms with van der Waals surface area (Å²) in [5, 5.41) is 23.7. The Morgan fingerprint density at radius 2 is 2.24 bits per heavy atom. The van der Waals surface area contributed by atoms with Crippen molar-refractivity contribution >= 4 is 22.8 Å². The van der Waals surface area contributed by atoms with Crippen LogP contribution in [0, 0.1) is 12.7 Å². The van der Waals surface area contributed by atoms with Crippen molar-refractivity contribution in [3.05, 3.63) is 41.6 Å². The van der Waals surface area contributed by atoms with E-state index in [1.165, 1.54) is 12.1 Å². The summed E-state index contributed by atoms with van der Waals surface area (Å²) in [4.78, 5) is 27.5. The van der Waals surface area contributed by atoms with Gasteiger partial charge in [-0.2, -0.15) is 4.80 Å². The molecule has 0 fully saturated rings. The molecule has 1 unspecified atom stereocenters. The van der Waals surface area contributed by atoms with E-state index >= 15 is 0 Å². The zero-order valence-corrected chi connectivity index (χ0v) is 13.2. The van der Waals surface area contributed by atoms with Crippen LogP contribution in [0.25, 0.3) is 10.9 Å².